The van der Waals surface area contributed by atoms with Crippen LogP contribution in [-0.4, -0.2) is 29.7 Å². The van der Waals surface area contributed by atoms with Crippen LogP contribution in [0, 0.1) is 0 Å². The molecule has 0 spiro atoms. The Hall–Kier alpha value is 0.400. The zero-order chi connectivity index (χ0) is 8.48. The first-order valence-corrected chi connectivity index (χ1v) is 4.80. The van der Waals surface area contributed by atoms with Gasteiger partial charge in [0.05, 0.1) is 29.7 Å². The van der Waals surface area contributed by atoms with Gasteiger partial charge in [-0.25, -0.2) is 0 Å². The van der Waals surface area contributed by atoms with Crippen molar-refractivity contribution in [2.75, 3.05) is 13.2 Å². The van der Waals surface area contributed by atoms with Gasteiger partial charge >= 0.3 is 0 Å². The summed E-state index contributed by atoms with van der Waals surface area (Å²) in [5.74, 6) is 0. The van der Waals surface area contributed by atoms with Crippen molar-refractivity contribution in [2.45, 2.75) is 37.3 Å². The van der Waals surface area contributed by atoms with Crippen LogP contribution in [0.2, 0.25) is 0 Å². The van der Waals surface area contributed by atoms with E-state index >= 15 is 0 Å². The maximum absolute atomic E-state index is 5.74. The lowest BCUT2D eigenvalue weighted by Crippen LogP contribution is -2.32. The Kier molecular flexibility index (Phi) is 2.95. The van der Waals surface area contributed by atoms with E-state index in [0.29, 0.717) is 11.4 Å². The first kappa shape index (κ1) is 9.49. The third-order valence-electron chi connectivity index (χ3n) is 1.47. The van der Waals surface area contributed by atoms with Gasteiger partial charge in [0.2, 0.25) is 0 Å². The summed E-state index contributed by atoms with van der Waals surface area (Å²) in [4.78, 5) is 0.363. The fourth-order valence-electron chi connectivity index (χ4n) is 1.07. The van der Waals surface area contributed by atoms with Crippen molar-refractivity contribution in [3.05, 3.63) is 0 Å². The predicted octanol–water partition coefficient (Wildman–Crippen LogP) is 1.96. The van der Waals surface area contributed by atoms with Gasteiger partial charge in [-0.15, -0.1) is 0 Å². The van der Waals surface area contributed by atoms with Crippen LogP contribution in [0.4, 0.5) is 0 Å². The third-order valence-corrected chi connectivity index (χ3v) is 2.32. The smallest absolute Gasteiger partial charge is 0.0962 e. The Balaban J connectivity index is 2.37. The average molecular weight is 223 g/mol. The first-order chi connectivity index (χ1) is 4.99. The second-order valence-electron chi connectivity index (χ2n) is 3.82. The van der Waals surface area contributed by atoms with E-state index in [9.17, 15) is 0 Å². The second kappa shape index (κ2) is 3.42. The van der Waals surface area contributed by atoms with Gasteiger partial charge in [-0.05, 0) is 20.8 Å². The molecule has 0 bridgehead atoms. The van der Waals surface area contributed by atoms with Crippen LogP contribution in [0.3, 0.4) is 0 Å². The molecule has 0 aliphatic carbocycles. The molecule has 0 aromatic heterocycles. The van der Waals surface area contributed by atoms with Crippen molar-refractivity contribution in [1.82, 2.24) is 0 Å². The summed E-state index contributed by atoms with van der Waals surface area (Å²) >= 11 is 3.51. The number of hydrogen-bond acceptors (Lipinski definition) is 2. The van der Waals surface area contributed by atoms with Crippen molar-refractivity contribution in [3.8, 4) is 0 Å². The minimum Gasteiger partial charge on any atom is -0.377 e. The quantitative estimate of drug-likeness (QED) is 0.632. The molecule has 0 saturated carbocycles. The van der Waals surface area contributed by atoms with Crippen molar-refractivity contribution in [1.29, 1.82) is 0 Å². The van der Waals surface area contributed by atoms with Crippen molar-refractivity contribution in [3.63, 3.8) is 0 Å². The molecule has 2 unspecified atom stereocenters. The van der Waals surface area contributed by atoms with Gasteiger partial charge in [0.1, 0.15) is 0 Å². The summed E-state index contributed by atoms with van der Waals surface area (Å²) in [6.45, 7) is 7.66. The van der Waals surface area contributed by atoms with Gasteiger partial charge in [-0.1, -0.05) is 15.9 Å². The van der Waals surface area contributed by atoms with Crippen LogP contribution in [0.1, 0.15) is 20.8 Å². The summed E-state index contributed by atoms with van der Waals surface area (Å²) in [6.07, 6.45) is 0.218. The molecule has 0 N–H and O–H groups in total. The minimum atomic E-state index is -0.0651. The van der Waals surface area contributed by atoms with E-state index in [1.807, 2.05) is 0 Å². The van der Waals surface area contributed by atoms with Gasteiger partial charge in [0.15, 0.2) is 0 Å². The standard InChI is InChI=1S/C8H15BrO2/c1-8(2,3)11-7-5-10-4-6(7)9/h6-7H,4-5H2,1-3H3. The molecule has 2 atom stereocenters. The Bertz CT molecular complexity index is 131. The fraction of sp³-hybridized carbons (Fsp3) is 1.00. The van der Waals surface area contributed by atoms with E-state index in [-0.39, 0.29) is 11.7 Å². The van der Waals surface area contributed by atoms with E-state index in [0.717, 1.165) is 6.61 Å². The molecule has 11 heavy (non-hydrogen) atoms. The summed E-state index contributed by atoms with van der Waals surface area (Å²) in [5, 5.41) is 0. The van der Waals surface area contributed by atoms with Crippen LogP contribution >= 0.6 is 15.9 Å². The zero-order valence-corrected chi connectivity index (χ0v) is 8.85. The molecule has 0 aromatic carbocycles. The van der Waals surface area contributed by atoms with Crippen LogP contribution in [-0.2, 0) is 9.47 Å². The monoisotopic (exact) mass is 222 g/mol. The normalized spacial score (nSPS) is 32.7. The van der Waals surface area contributed by atoms with Crippen LogP contribution in [0.5, 0.6) is 0 Å². The summed E-state index contributed by atoms with van der Waals surface area (Å²) in [5.41, 5.74) is -0.0651. The van der Waals surface area contributed by atoms with Crippen LogP contribution in [0.15, 0.2) is 0 Å². The molecule has 0 aromatic rings. The van der Waals surface area contributed by atoms with E-state index in [4.69, 9.17) is 9.47 Å². The summed E-state index contributed by atoms with van der Waals surface area (Å²) in [6, 6.07) is 0. The molecule has 1 fully saturated rings. The predicted molar refractivity (Wildman–Crippen MR) is 48.2 cm³/mol. The van der Waals surface area contributed by atoms with Crippen molar-refractivity contribution >= 4 is 15.9 Å². The summed E-state index contributed by atoms with van der Waals surface area (Å²) < 4.78 is 11.0. The Labute approximate surface area is 76.4 Å². The lowest BCUT2D eigenvalue weighted by molar-refractivity contribution is -0.0584. The minimum absolute atomic E-state index is 0.0651. The molecule has 1 aliphatic heterocycles. The molecule has 0 amide bonds. The van der Waals surface area contributed by atoms with E-state index in [1.54, 1.807) is 0 Å². The van der Waals surface area contributed by atoms with Crippen LogP contribution in [0.25, 0.3) is 0 Å². The lowest BCUT2D eigenvalue weighted by Gasteiger charge is -2.25. The van der Waals surface area contributed by atoms with Gasteiger partial charge < -0.3 is 9.47 Å². The Morgan fingerprint density at radius 2 is 2.00 bits per heavy atom. The molecule has 1 rings (SSSR count). The van der Waals surface area contributed by atoms with Crippen molar-refractivity contribution in [2.24, 2.45) is 0 Å². The van der Waals surface area contributed by atoms with Gasteiger partial charge in [0.25, 0.3) is 0 Å². The largest absolute Gasteiger partial charge is 0.377 e. The van der Waals surface area contributed by atoms with Crippen molar-refractivity contribution < 1.29 is 9.47 Å². The fourth-order valence-corrected chi connectivity index (χ4v) is 1.52. The highest BCUT2D eigenvalue weighted by atomic mass is 79.9. The van der Waals surface area contributed by atoms with E-state index in [1.165, 1.54) is 0 Å². The van der Waals surface area contributed by atoms with E-state index in [2.05, 4.69) is 36.7 Å². The number of hydrogen-bond donors (Lipinski definition) is 0. The number of halogens is 1. The zero-order valence-electron chi connectivity index (χ0n) is 7.26. The summed E-state index contributed by atoms with van der Waals surface area (Å²) in [7, 11) is 0. The molecular weight excluding hydrogens is 208 g/mol. The highest BCUT2D eigenvalue weighted by Gasteiger charge is 2.30. The molecule has 66 valence electrons. The second-order valence-corrected chi connectivity index (χ2v) is 5.00. The maximum Gasteiger partial charge on any atom is 0.0962 e. The Morgan fingerprint density at radius 3 is 2.36 bits per heavy atom. The van der Waals surface area contributed by atoms with Crippen LogP contribution < -0.4 is 0 Å². The molecule has 2 nitrogen and oxygen atoms in total. The number of ether oxygens (including phenoxy) is 2. The number of rotatable bonds is 1. The highest BCUT2D eigenvalue weighted by Crippen LogP contribution is 2.22. The van der Waals surface area contributed by atoms with Gasteiger partial charge in [-0.2, -0.15) is 0 Å². The molecule has 1 saturated heterocycles. The molecular formula is C8H15BrO2. The average Bonchev–Trinajstić information content (AvgIpc) is 2.12. The topological polar surface area (TPSA) is 18.5 Å². The molecule has 0 radical (unpaired) electrons. The molecule has 1 heterocycles. The maximum atomic E-state index is 5.74. The Morgan fingerprint density at radius 1 is 1.36 bits per heavy atom. The van der Waals surface area contributed by atoms with Gasteiger partial charge in [0, 0.05) is 0 Å². The number of alkyl halides is 1. The SMILES string of the molecule is CC(C)(C)OC1COCC1Br. The van der Waals surface area contributed by atoms with Gasteiger partial charge in [-0.3, -0.25) is 0 Å². The highest BCUT2D eigenvalue weighted by molar-refractivity contribution is 9.09. The molecule has 1 aliphatic rings. The first-order valence-electron chi connectivity index (χ1n) is 3.89. The van der Waals surface area contributed by atoms with E-state index < -0.39 is 0 Å². The molecule has 3 heteroatoms. The third kappa shape index (κ3) is 3.09. The lowest BCUT2D eigenvalue weighted by atomic mass is 10.2.